The van der Waals surface area contributed by atoms with E-state index < -0.39 is 0 Å². The highest BCUT2D eigenvalue weighted by Crippen LogP contribution is 2.34. The van der Waals surface area contributed by atoms with Crippen molar-refractivity contribution in [2.45, 2.75) is 0 Å². The molecule has 18 heavy (non-hydrogen) atoms. The third-order valence-corrected chi connectivity index (χ3v) is 3.65. The van der Waals surface area contributed by atoms with Crippen LogP contribution in [0, 0.1) is 0 Å². The van der Waals surface area contributed by atoms with Crippen LogP contribution >= 0.6 is 11.6 Å². The first-order chi connectivity index (χ1) is 8.83. The summed E-state index contributed by atoms with van der Waals surface area (Å²) in [6, 6.07) is 18.2. The smallest absolute Gasteiger partial charge is 0.136 e. The zero-order valence-corrected chi connectivity index (χ0v) is 10.2. The number of para-hydroxylation sites is 1. The topological polar surface area (TPSA) is 13.1 Å². The Bertz CT molecular complexity index is 889. The van der Waals surface area contributed by atoms with Gasteiger partial charge in [-0.3, -0.25) is 0 Å². The number of benzene rings is 3. The second kappa shape index (κ2) is 3.50. The lowest BCUT2D eigenvalue weighted by Gasteiger charge is -1.99. The highest BCUT2D eigenvalue weighted by atomic mass is 35.5. The van der Waals surface area contributed by atoms with Crippen LogP contribution < -0.4 is 0 Å². The van der Waals surface area contributed by atoms with E-state index in [-0.39, 0.29) is 0 Å². The van der Waals surface area contributed by atoms with Gasteiger partial charge >= 0.3 is 0 Å². The van der Waals surface area contributed by atoms with E-state index in [0.29, 0.717) is 0 Å². The van der Waals surface area contributed by atoms with Gasteiger partial charge in [0.25, 0.3) is 0 Å². The summed E-state index contributed by atoms with van der Waals surface area (Å²) in [5.74, 6) is 0. The summed E-state index contributed by atoms with van der Waals surface area (Å²) in [7, 11) is 0. The molecule has 1 heterocycles. The molecule has 0 fully saturated rings. The highest BCUT2D eigenvalue weighted by Gasteiger charge is 2.08. The lowest BCUT2D eigenvalue weighted by molar-refractivity contribution is 0.669. The number of rotatable bonds is 0. The molecule has 0 aliphatic heterocycles. The summed E-state index contributed by atoms with van der Waals surface area (Å²) < 4.78 is 5.86. The predicted octanol–water partition coefficient (Wildman–Crippen LogP) is 5.39. The lowest BCUT2D eigenvalue weighted by atomic mass is 10.1. The van der Waals surface area contributed by atoms with Crippen LogP contribution in [0.5, 0.6) is 0 Å². The maximum atomic E-state index is 6.21. The Balaban J connectivity index is 2.27. The monoisotopic (exact) mass is 252 g/mol. The summed E-state index contributed by atoms with van der Waals surface area (Å²) >= 11 is 6.21. The average molecular weight is 253 g/mol. The Labute approximate surface area is 109 Å². The van der Waals surface area contributed by atoms with Gasteiger partial charge in [-0.1, -0.05) is 41.9 Å². The number of furan rings is 1. The van der Waals surface area contributed by atoms with E-state index in [1.54, 1.807) is 0 Å². The standard InChI is InChI=1S/C16H9ClO/c17-14-6-3-4-10-8-13-11-5-1-2-7-15(11)18-16(13)9-12(10)14/h1-9H. The van der Waals surface area contributed by atoms with E-state index in [1.165, 1.54) is 0 Å². The van der Waals surface area contributed by atoms with Gasteiger partial charge in [0.05, 0.1) is 0 Å². The fourth-order valence-electron chi connectivity index (χ4n) is 2.46. The summed E-state index contributed by atoms with van der Waals surface area (Å²) in [6.45, 7) is 0. The molecule has 0 spiro atoms. The quantitative estimate of drug-likeness (QED) is 0.409. The molecule has 1 nitrogen and oxygen atoms in total. The Kier molecular flexibility index (Phi) is 1.94. The van der Waals surface area contributed by atoms with Crippen molar-refractivity contribution in [2.75, 3.05) is 0 Å². The summed E-state index contributed by atoms with van der Waals surface area (Å²) in [5, 5.41) is 5.22. The second-order valence-corrected chi connectivity index (χ2v) is 4.81. The minimum Gasteiger partial charge on any atom is -0.456 e. The number of hydrogen-bond donors (Lipinski definition) is 0. The largest absolute Gasteiger partial charge is 0.456 e. The van der Waals surface area contributed by atoms with Crippen molar-refractivity contribution in [1.29, 1.82) is 0 Å². The Morgan fingerprint density at radius 3 is 2.56 bits per heavy atom. The number of hydrogen-bond acceptors (Lipinski definition) is 1. The van der Waals surface area contributed by atoms with E-state index >= 15 is 0 Å². The number of fused-ring (bicyclic) bond motifs is 4. The highest BCUT2D eigenvalue weighted by molar-refractivity contribution is 6.36. The van der Waals surface area contributed by atoms with Gasteiger partial charge in [-0.2, -0.15) is 0 Å². The summed E-state index contributed by atoms with van der Waals surface area (Å²) in [5.41, 5.74) is 1.80. The van der Waals surface area contributed by atoms with Crippen LogP contribution in [0.4, 0.5) is 0 Å². The van der Waals surface area contributed by atoms with Crippen molar-refractivity contribution in [3.05, 3.63) is 59.6 Å². The van der Waals surface area contributed by atoms with Crippen LogP contribution in [0.2, 0.25) is 5.02 Å². The molecule has 0 N–H and O–H groups in total. The third kappa shape index (κ3) is 1.28. The Morgan fingerprint density at radius 2 is 1.61 bits per heavy atom. The molecular weight excluding hydrogens is 244 g/mol. The van der Waals surface area contributed by atoms with E-state index in [0.717, 1.165) is 37.7 Å². The summed E-state index contributed by atoms with van der Waals surface area (Å²) in [4.78, 5) is 0. The molecule has 0 atom stereocenters. The molecule has 0 aliphatic carbocycles. The van der Waals surface area contributed by atoms with E-state index in [4.69, 9.17) is 16.0 Å². The SMILES string of the molecule is Clc1cccc2cc3c(cc12)oc1ccccc13. The van der Waals surface area contributed by atoms with Gasteiger partial charge in [-0.25, -0.2) is 0 Å². The molecule has 2 heteroatoms. The van der Waals surface area contributed by atoms with Crippen LogP contribution in [0.3, 0.4) is 0 Å². The van der Waals surface area contributed by atoms with Gasteiger partial charge in [0.1, 0.15) is 11.2 Å². The molecule has 0 bridgehead atoms. The molecule has 0 amide bonds. The molecule has 1 aromatic heterocycles. The van der Waals surface area contributed by atoms with Crippen LogP contribution in [0.25, 0.3) is 32.7 Å². The molecule has 0 saturated heterocycles. The first-order valence-corrected chi connectivity index (χ1v) is 6.20. The molecule has 0 unspecified atom stereocenters. The molecule has 0 radical (unpaired) electrons. The van der Waals surface area contributed by atoms with Gasteiger partial charge in [0, 0.05) is 21.2 Å². The summed E-state index contributed by atoms with van der Waals surface area (Å²) in [6.07, 6.45) is 0. The van der Waals surface area contributed by atoms with Gasteiger partial charge < -0.3 is 4.42 Å². The minimum absolute atomic E-state index is 0.759. The number of halogens is 1. The van der Waals surface area contributed by atoms with E-state index in [9.17, 15) is 0 Å². The maximum Gasteiger partial charge on any atom is 0.136 e. The van der Waals surface area contributed by atoms with E-state index in [2.05, 4.69) is 18.2 Å². The Hall–Kier alpha value is -1.99. The fourth-order valence-corrected chi connectivity index (χ4v) is 2.70. The van der Waals surface area contributed by atoms with Crippen molar-refractivity contribution in [1.82, 2.24) is 0 Å². The van der Waals surface area contributed by atoms with Crippen molar-refractivity contribution in [2.24, 2.45) is 0 Å². The van der Waals surface area contributed by atoms with Crippen LogP contribution in [-0.4, -0.2) is 0 Å². The van der Waals surface area contributed by atoms with Crippen LogP contribution in [-0.2, 0) is 0 Å². The molecule has 0 aliphatic rings. The molecule has 3 aromatic carbocycles. The fraction of sp³-hybridized carbons (Fsp3) is 0. The van der Waals surface area contributed by atoms with Crippen molar-refractivity contribution >= 4 is 44.3 Å². The average Bonchev–Trinajstić information content (AvgIpc) is 2.75. The van der Waals surface area contributed by atoms with Gasteiger partial charge in [0.2, 0.25) is 0 Å². The molecular formula is C16H9ClO. The molecule has 4 rings (SSSR count). The molecule has 4 aromatic rings. The lowest BCUT2D eigenvalue weighted by Crippen LogP contribution is -1.74. The van der Waals surface area contributed by atoms with Crippen molar-refractivity contribution in [3.8, 4) is 0 Å². The molecule has 0 saturated carbocycles. The predicted molar refractivity (Wildman–Crippen MR) is 76.2 cm³/mol. The Morgan fingerprint density at radius 1 is 0.722 bits per heavy atom. The zero-order valence-electron chi connectivity index (χ0n) is 9.48. The zero-order chi connectivity index (χ0) is 12.1. The van der Waals surface area contributed by atoms with Crippen LogP contribution in [0.15, 0.2) is 59.0 Å². The second-order valence-electron chi connectivity index (χ2n) is 4.41. The molecule has 86 valence electrons. The van der Waals surface area contributed by atoms with Gasteiger partial charge in [-0.15, -0.1) is 0 Å². The van der Waals surface area contributed by atoms with Gasteiger partial charge in [0.15, 0.2) is 0 Å². The van der Waals surface area contributed by atoms with Gasteiger partial charge in [-0.05, 0) is 29.7 Å². The van der Waals surface area contributed by atoms with Crippen LogP contribution in [0.1, 0.15) is 0 Å². The minimum atomic E-state index is 0.759. The van der Waals surface area contributed by atoms with Crippen molar-refractivity contribution < 1.29 is 4.42 Å². The first-order valence-electron chi connectivity index (χ1n) is 5.82. The first kappa shape index (κ1) is 9.98. The third-order valence-electron chi connectivity index (χ3n) is 3.32. The normalized spacial score (nSPS) is 11.6. The van der Waals surface area contributed by atoms with E-state index in [1.807, 2.05) is 36.4 Å². The van der Waals surface area contributed by atoms with Crippen molar-refractivity contribution in [3.63, 3.8) is 0 Å². The maximum absolute atomic E-state index is 6.21.